The molecule has 9 heteroatoms. The SMILES string of the molecule is CO/N=C(\C)c1ccc(CNc2c(Cl)ccc3c2CCNCC3)cc1.O=C(O)CCC(=O)O. The minimum Gasteiger partial charge on any atom is -0.481 e. The summed E-state index contributed by atoms with van der Waals surface area (Å²) in [6, 6.07) is 12.5. The molecule has 3 rings (SSSR count). The Morgan fingerprint density at radius 3 is 2.30 bits per heavy atom. The van der Waals surface area contributed by atoms with E-state index in [1.165, 1.54) is 16.7 Å². The molecule has 0 atom stereocenters. The molecule has 1 aliphatic heterocycles. The average Bonchev–Trinajstić information content (AvgIpc) is 3.04. The number of nitrogens with one attached hydrogen (secondary N) is 2. The van der Waals surface area contributed by atoms with Crippen LogP contribution in [0.1, 0.15) is 42.0 Å². The van der Waals surface area contributed by atoms with Crippen molar-refractivity contribution in [1.29, 1.82) is 0 Å². The maximum atomic E-state index is 9.64. The van der Waals surface area contributed by atoms with Gasteiger partial charge in [0.2, 0.25) is 0 Å². The Kier molecular flexibility index (Phi) is 10.7. The second kappa shape index (κ2) is 13.4. The number of halogens is 1. The van der Waals surface area contributed by atoms with Crippen LogP contribution in [0.15, 0.2) is 41.6 Å². The standard InChI is InChI=1S/C20H24ClN3O.C4H6O4/c1-14(24-25-2)16-5-3-15(4-6-16)13-23-20-18-10-12-22-11-9-17(18)7-8-19(20)21;5-3(6)1-2-4(7)8/h3-8,22-23H,9-13H2,1-2H3;1-2H2,(H,5,6)(H,7,8)/b24-14+;. The first kappa shape index (κ1) is 26.2. The van der Waals surface area contributed by atoms with Crippen molar-refractivity contribution in [3.8, 4) is 0 Å². The molecule has 2 aromatic carbocycles. The molecule has 8 nitrogen and oxygen atoms in total. The first-order chi connectivity index (χ1) is 15.8. The zero-order valence-electron chi connectivity index (χ0n) is 18.9. The third kappa shape index (κ3) is 8.75. The van der Waals surface area contributed by atoms with Crippen LogP contribution >= 0.6 is 11.6 Å². The summed E-state index contributed by atoms with van der Waals surface area (Å²) in [6.45, 7) is 4.70. The van der Waals surface area contributed by atoms with E-state index in [4.69, 9.17) is 26.7 Å². The molecule has 33 heavy (non-hydrogen) atoms. The molecule has 0 saturated heterocycles. The van der Waals surface area contributed by atoms with Crippen LogP contribution < -0.4 is 10.6 Å². The first-order valence-electron chi connectivity index (χ1n) is 10.7. The van der Waals surface area contributed by atoms with Crippen molar-refractivity contribution >= 4 is 34.9 Å². The minimum absolute atomic E-state index is 0.296. The fourth-order valence-corrected chi connectivity index (χ4v) is 3.64. The van der Waals surface area contributed by atoms with E-state index in [1.54, 1.807) is 7.11 Å². The van der Waals surface area contributed by atoms with Crippen LogP contribution in [-0.2, 0) is 33.8 Å². The molecule has 1 aliphatic rings. The number of aliphatic carboxylic acids is 2. The van der Waals surface area contributed by atoms with Crippen molar-refractivity contribution in [2.75, 3.05) is 25.5 Å². The fraction of sp³-hybridized carbons (Fsp3) is 0.375. The van der Waals surface area contributed by atoms with Gasteiger partial charge in [-0.25, -0.2) is 0 Å². The summed E-state index contributed by atoms with van der Waals surface area (Å²) in [5, 5.41) is 27.5. The normalized spacial score (nSPS) is 13.1. The molecule has 0 fully saturated rings. The number of hydrogen-bond acceptors (Lipinski definition) is 6. The molecule has 0 bridgehead atoms. The molecule has 178 valence electrons. The van der Waals surface area contributed by atoms with Crippen molar-refractivity contribution in [3.63, 3.8) is 0 Å². The van der Waals surface area contributed by atoms with Crippen molar-refractivity contribution in [1.82, 2.24) is 5.32 Å². The lowest BCUT2D eigenvalue weighted by molar-refractivity contribution is -0.143. The van der Waals surface area contributed by atoms with Crippen LogP contribution in [0, 0.1) is 0 Å². The first-order valence-corrected chi connectivity index (χ1v) is 11.0. The van der Waals surface area contributed by atoms with Crippen molar-refractivity contribution in [2.45, 2.75) is 39.2 Å². The van der Waals surface area contributed by atoms with Crippen LogP contribution in [-0.4, -0.2) is 48.1 Å². The molecule has 0 saturated carbocycles. The van der Waals surface area contributed by atoms with E-state index in [0.29, 0.717) is 0 Å². The molecular formula is C24H30ClN3O5. The summed E-state index contributed by atoms with van der Waals surface area (Å²) < 4.78 is 0. The number of anilines is 1. The highest BCUT2D eigenvalue weighted by Gasteiger charge is 2.14. The van der Waals surface area contributed by atoms with Gasteiger partial charge in [-0.3, -0.25) is 9.59 Å². The number of fused-ring (bicyclic) bond motifs is 1. The van der Waals surface area contributed by atoms with E-state index >= 15 is 0 Å². The third-order valence-corrected chi connectivity index (χ3v) is 5.42. The second-order valence-electron chi connectivity index (χ2n) is 7.51. The van der Waals surface area contributed by atoms with Crippen LogP contribution in [0.4, 0.5) is 5.69 Å². The number of rotatable bonds is 8. The Labute approximate surface area is 198 Å². The molecule has 1 heterocycles. The fourth-order valence-electron chi connectivity index (χ4n) is 3.39. The zero-order valence-corrected chi connectivity index (χ0v) is 19.6. The van der Waals surface area contributed by atoms with Gasteiger partial charge in [0.25, 0.3) is 0 Å². The number of carbonyl (C=O) groups is 2. The molecule has 0 aliphatic carbocycles. The van der Waals surface area contributed by atoms with Crippen LogP contribution in [0.25, 0.3) is 0 Å². The lowest BCUT2D eigenvalue weighted by Gasteiger charge is -2.16. The minimum atomic E-state index is -1.08. The topological polar surface area (TPSA) is 120 Å². The molecule has 0 radical (unpaired) electrons. The lowest BCUT2D eigenvalue weighted by atomic mass is 10.0. The number of carboxylic acid groups (broad SMARTS) is 2. The highest BCUT2D eigenvalue weighted by atomic mass is 35.5. The third-order valence-electron chi connectivity index (χ3n) is 5.10. The average molecular weight is 476 g/mol. The van der Waals surface area contributed by atoms with Gasteiger partial charge in [0, 0.05) is 6.54 Å². The maximum Gasteiger partial charge on any atom is 0.303 e. The molecule has 0 spiro atoms. The van der Waals surface area contributed by atoms with Gasteiger partial charge in [-0.2, -0.15) is 0 Å². The molecule has 0 amide bonds. The number of carboxylic acids is 2. The summed E-state index contributed by atoms with van der Waals surface area (Å²) in [4.78, 5) is 24.1. The summed E-state index contributed by atoms with van der Waals surface area (Å²) in [5.41, 5.74) is 6.93. The maximum absolute atomic E-state index is 9.64. The summed E-state index contributed by atoms with van der Waals surface area (Å²) in [5.74, 6) is -2.15. The quantitative estimate of drug-likeness (QED) is 0.337. The number of benzene rings is 2. The lowest BCUT2D eigenvalue weighted by Crippen LogP contribution is -2.16. The van der Waals surface area contributed by atoms with E-state index in [0.717, 1.165) is 54.5 Å². The Morgan fingerprint density at radius 1 is 1.06 bits per heavy atom. The van der Waals surface area contributed by atoms with Crippen LogP contribution in [0.3, 0.4) is 0 Å². The summed E-state index contributed by atoms with van der Waals surface area (Å²) in [7, 11) is 1.56. The Balaban J connectivity index is 0.000000414. The predicted octanol–water partition coefficient (Wildman–Crippen LogP) is 3.95. The van der Waals surface area contributed by atoms with E-state index in [9.17, 15) is 9.59 Å². The largest absolute Gasteiger partial charge is 0.481 e. The summed E-state index contributed by atoms with van der Waals surface area (Å²) >= 11 is 6.47. The van der Waals surface area contributed by atoms with Gasteiger partial charge >= 0.3 is 11.9 Å². The number of oxime groups is 1. The van der Waals surface area contributed by atoms with E-state index in [1.807, 2.05) is 13.0 Å². The van der Waals surface area contributed by atoms with E-state index in [-0.39, 0.29) is 12.8 Å². The predicted molar refractivity (Wildman–Crippen MR) is 129 cm³/mol. The van der Waals surface area contributed by atoms with Crippen molar-refractivity contribution < 1.29 is 24.6 Å². The molecule has 4 N–H and O–H groups in total. The zero-order chi connectivity index (χ0) is 24.2. The van der Waals surface area contributed by atoms with Gasteiger partial charge in [0.15, 0.2) is 0 Å². The highest BCUT2D eigenvalue weighted by molar-refractivity contribution is 6.33. The monoisotopic (exact) mass is 475 g/mol. The smallest absolute Gasteiger partial charge is 0.303 e. The van der Waals surface area contributed by atoms with Gasteiger partial charge in [-0.15, -0.1) is 0 Å². The van der Waals surface area contributed by atoms with Gasteiger partial charge in [-0.1, -0.05) is 47.1 Å². The molecule has 0 unspecified atom stereocenters. The van der Waals surface area contributed by atoms with Gasteiger partial charge in [-0.05, 0) is 61.2 Å². The molecule has 2 aromatic rings. The van der Waals surface area contributed by atoms with Gasteiger partial charge in [0.1, 0.15) is 7.11 Å². The van der Waals surface area contributed by atoms with E-state index < -0.39 is 11.9 Å². The Morgan fingerprint density at radius 2 is 1.70 bits per heavy atom. The van der Waals surface area contributed by atoms with E-state index in [2.05, 4.69) is 46.1 Å². The van der Waals surface area contributed by atoms with Crippen molar-refractivity contribution in [2.24, 2.45) is 5.16 Å². The van der Waals surface area contributed by atoms with Gasteiger partial charge < -0.3 is 25.7 Å². The van der Waals surface area contributed by atoms with Gasteiger partial charge in [0.05, 0.1) is 29.3 Å². The number of nitrogens with zero attached hydrogens (tertiary/aromatic N) is 1. The van der Waals surface area contributed by atoms with Crippen molar-refractivity contribution in [3.05, 3.63) is 63.7 Å². The Hall–Kier alpha value is -3.10. The van der Waals surface area contributed by atoms with Crippen LogP contribution in [0.2, 0.25) is 5.02 Å². The number of hydrogen-bond donors (Lipinski definition) is 4. The Bertz CT molecular complexity index is 963. The van der Waals surface area contributed by atoms with Crippen LogP contribution in [0.5, 0.6) is 0 Å². The molecule has 0 aromatic heterocycles. The summed E-state index contributed by atoms with van der Waals surface area (Å²) in [6.07, 6.45) is 1.46. The second-order valence-corrected chi connectivity index (χ2v) is 7.91. The highest BCUT2D eigenvalue weighted by Crippen LogP contribution is 2.31. The molecular weight excluding hydrogens is 446 g/mol.